The zero-order chi connectivity index (χ0) is 20.3. The Kier molecular flexibility index (Phi) is 9.59. The van der Waals surface area contributed by atoms with Crippen molar-refractivity contribution in [1.82, 2.24) is 10.0 Å². The van der Waals surface area contributed by atoms with E-state index in [1.54, 1.807) is 32.0 Å². The molecule has 0 aliphatic heterocycles. The van der Waals surface area contributed by atoms with E-state index in [0.717, 1.165) is 25.7 Å². The van der Waals surface area contributed by atoms with E-state index in [4.69, 9.17) is 9.84 Å². The van der Waals surface area contributed by atoms with Gasteiger partial charge in [0.05, 0.1) is 6.61 Å². The van der Waals surface area contributed by atoms with E-state index in [-0.39, 0.29) is 11.4 Å². The van der Waals surface area contributed by atoms with E-state index >= 15 is 0 Å². The van der Waals surface area contributed by atoms with E-state index in [1.165, 1.54) is 6.07 Å². The molecule has 0 fully saturated rings. The van der Waals surface area contributed by atoms with Crippen LogP contribution in [0.5, 0.6) is 5.75 Å². The number of carboxylic acid groups (broad SMARTS) is 1. The van der Waals surface area contributed by atoms with Gasteiger partial charge in [-0.15, -0.1) is 0 Å². The largest absolute Gasteiger partial charge is 0.492 e. The molecule has 1 rings (SSSR count). The fourth-order valence-corrected chi connectivity index (χ4v) is 3.89. The van der Waals surface area contributed by atoms with Crippen molar-refractivity contribution >= 4 is 16.1 Å². The molecule has 1 amide bonds. The molecule has 7 nitrogen and oxygen atoms in total. The normalized spacial score (nSPS) is 12.0. The van der Waals surface area contributed by atoms with Crippen molar-refractivity contribution < 1.29 is 23.1 Å². The SMILES string of the molecule is CCCCCCOc1ccccc1S(=O)(=O)NCCCC(C)(C)NC(=O)O. The van der Waals surface area contributed by atoms with Crippen LogP contribution in [-0.2, 0) is 10.0 Å². The number of hydrogen-bond donors (Lipinski definition) is 3. The van der Waals surface area contributed by atoms with Crippen LogP contribution in [0.2, 0.25) is 0 Å². The summed E-state index contributed by atoms with van der Waals surface area (Å²) in [5, 5.41) is 11.2. The molecule has 0 aliphatic rings. The van der Waals surface area contributed by atoms with Crippen LogP contribution in [0.1, 0.15) is 59.3 Å². The lowest BCUT2D eigenvalue weighted by molar-refractivity contribution is 0.180. The van der Waals surface area contributed by atoms with E-state index in [2.05, 4.69) is 17.0 Å². The number of benzene rings is 1. The van der Waals surface area contributed by atoms with Gasteiger partial charge in [0.2, 0.25) is 10.0 Å². The average Bonchev–Trinajstić information content (AvgIpc) is 2.58. The van der Waals surface area contributed by atoms with Gasteiger partial charge < -0.3 is 15.2 Å². The topological polar surface area (TPSA) is 105 Å². The molecule has 8 heteroatoms. The third-order valence-electron chi connectivity index (χ3n) is 4.11. The minimum atomic E-state index is -3.69. The first-order chi connectivity index (χ1) is 12.7. The molecule has 0 radical (unpaired) electrons. The molecule has 0 bridgehead atoms. The van der Waals surface area contributed by atoms with Crippen molar-refractivity contribution in [3.8, 4) is 5.75 Å². The minimum absolute atomic E-state index is 0.128. The number of para-hydroxylation sites is 1. The van der Waals surface area contributed by atoms with Gasteiger partial charge in [0.1, 0.15) is 10.6 Å². The van der Waals surface area contributed by atoms with Crippen molar-refractivity contribution in [1.29, 1.82) is 0 Å². The number of sulfonamides is 1. The van der Waals surface area contributed by atoms with Crippen molar-refractivity contribution in [2.45, 2.75) is 69.7 Å². The molecular formula is C19H32N2O5S. The third kappa shape index (κ3) is 9.10. The van der Waals surface area contributed by atoms with E-state index in [0.29, 0.717) is 25.2 Å². The molecular weight excluding hydrogens is 368 g/mol. The molecule has 0 aromatic heterocycles. The number of rotatable bonds is 13. The minimum Gasteiger partial charge on any atom is -0.492 e. The lowest BCUT2D eigenvalue weighted by atomic mass is 9.99. The summed E-state index contributed by atoms with van der Waals surface area (Å²) >= 11 is 0. The summed E-state index contributed by atoms with van der Waals surface area (Å²) in [6.45, 7) is 6.36. The Labute approximate surface area is 162 Å². The zero-order valence-electron chi connectivity index (χ0n) is 16.5. The van der Waals surface area contributed by atoms with Gasteiger partial charge in [0, 0.05) is 12.1 Å². The maximum absolute atomic E-state index is 12.6. The molecule has 154 valence electrons. The summed E-state index contributed by atoms with van der Waals surface area (Å²) in [4.78, 5) is 10.9. The first-order valence-corrected chi connectivity index (χ1v) is 10.9. The van der Waals surface area contributed by atoms with E-state index in [9.17, 15) is 13.2 Å². The molecule has 0 spiro atoms. The maximum atomic E-state index is 12.6. The Balaban J connectivity index is 2.58. The highest BCUT2D eigenvalue weighted by atomic mass is 32.2. The molecule has 27 heavy (non-hydrogen) atoms. The van der Waals surface area contributed by atoms with Gasteiger partial charge in [-0.1, -0.05) is 38.3 Å². The molecule has 0 atom stereocenters. The second-order valence-corrected chi connectivity index (χ2v) is 8.91. The molecule has 3 N–H and O–H groups in total. The van der Waals surface area contributed by atoms with Gasteiger partial charge in [-0.25, -0.2) is 17.9 Å². The van der Waals surface area contributed by atoms with Crippen molar-refractivity contribution in [3.05, 3.63) is 24.3 Å². The van der Waals surface area contributed by atoms with Crippen LogP contribution >= 0.6 is 0 Å². The lowest BCUT2D eigenvalue weighted by Gasteiger charge is -2.24. The summed E-state index contributed by atoms with van der Waals surface area (Å²) in [6, 6.07) is 6.60. The fraction of sp³-hybridized carbons (Fsp3) is 0.632. The highest BCUT2D eigenvalue weighted by Gasteiger charge is 2.21. The van der Waals surface area contributed by atoms with Gasteiger partial charge >= 0.3 is 6.09 Å². The Morgan fingerprint density at radius 3 is 2.52 bits per heavy atom. The number of hydrogen-bond acceptors (Lipinski definition) is 4. The number of carbonyl (C=O) groups is 1. The summed E-state index contributed by atoms with van der Waals surface area (Å²) in [5.74, 6) is 0.356. The van der Waals surface area contributed by atoms with Gasteiger partial charge in [0.25, 0.3) is 0 Å². The Bertz CT molecular complexity index is 689. The van der Waals surface area contributed by atoms with Crippen molar-refractivity contribution in [2.75, 3.05) is 13.2 Å². The predicted molar refractivity (Wildman–Crippen MR) is 106 cm³/mol. The first kappa shape index (κ1) is 23.2. The van der Waals surface area contributed by atoms with Crippen LogP contribution < -0.4 is 14.8 Å². The van der Waals surface area contributed by atoms with E-state index < -0.39 is 21.7 Å². The number of ether oxygens (including phenoxy) is 1. The molecule has 0 saturated carbocycles. The van der Waals surface area contributed by atoms with Crippen LogP contribution in [0.3, 0.4) is 0 Å². The second-order valence-electron chi connectivity index (χ2n) is 7.17. The standard InChI is InChI=1S/C19H32N2O5S/c1-4-5-6-9-15-26-16-11-7-8-12-17(16)27(24,25)20-14-10-13-19(2,3)21-18(22)23/h7-8,11-12,20-21H,4-6,9-10,13-15H2,1-3H3,(H,22,23). The van der Waals surface area contributed by atoms with Crippen LogP contribution in [-0.4, -0.2) is 38.3 Å². The monoisotopic (exact) mass is 400 g/mol. The molecule has 0 unspecified atom stereocenters. The smallest absolute Gasteiger partial charge is 0.405 e. The summed E-state index contributed by atoms with van der Waals surface area (Å²) < 4.78 is 33.4. The predicted octanol–water partition coefficient (Wildman–Crippen LogP) is 3.75. The maximum Gasteiger partial charge on any atom is 0.405 e. The fourth-order valence-electron chi connectivity index (χ4n) is 2.67. The Hall–Kier alpha value is -1.80. The van der Waals surface area contributed by atoms with Crippen LogP contribution in [0.15, 0.2) is 29.2 Å². The molecule has 1 aromatic rings. The molecule has 0 saturated heterocycles. The quantitative estimate of drug-likeness (QED) is 0.437. The molecule has 0 heterocycles. The third-order valence-corrected chi connectivity index (χ3v) is 5.61. The van der Waals surface area contributed by atoms with E-state index in [1.807, 2.05) is 0 Å². The van der Waals surface area contributed by atoms with Crippen molar-refractivity contribution in [2.24, 2.45) is 0 Å². The Morgan fingerprint density at radius 1 is 1.15 bits per heavy atom. The Morgan fingerprint density at radius 2 is 1.85 bits per heavy atom. The highest BCUT2D eigenvalue weighted by Crippen LogP contribution is 2.23. The number of amides is 1. The summed E-state index contributed by atoms with van der Waals surface area (Å²) in [5.41, 5.74) is -0.614. The first-order valence-electron chi connectivity index (χ1n) is 9.40. The highest BCUT2D eigenvalue weighted by molar-refractivity contribution is 7.89. The number of unbranched alkanes of at least 4 members (excludes halogenated alkanes) is 3. The van der Waals surface area contributed by atoms with Gasteiger partial charge in [-0.3, -0.25) is 0 Å². The van der Waals surface area contributed by atoms with Crippen molar-refractivity contribution in [3.63, 3.8) is 0 Å². The van der Waals surface area contributed by atoms with Crippen LogP contribution in [0.25, 0.3) is 0 Å². The van der Waals surface area contributed by atoms with Gasteiger partial charge in [-0.05, 0) is 45.2 Å². The summed E-state index contributed by atoms with van der Waals surface area (Å²) in [7, 11) is -3.69. The zero-order valence-corrected chi connectivity index (χ0v) is 17.3. The molecule has 0 aliphatic carbocycles. The number of nitrogens with one attached hydrogen (secondary N) is 2. The van der Waals surface area contributed by atoms with Gasteiger partial charge in [0.15, 0.2) is 0 Å². The lowest BCUT2D eigenvalue weighted by Crippen LogP contribution is -2.43. The van der Waals surface area contributed by atoms with Crippen LogP contribution in [0.4, 0.5) is 4.79 Å². The van der Waals surface area contributed by atoms with Gasteiger partial charge in [-0.2, -0.15) is 0 Å². The second kappa shape index (κ2) is 11.1. The van der Waals surface area contributed by atoms with Crippen LogP contribution in [0, 0.1) is 0 Å². The average molecular weight is 401 g/mol. The molecule has 1 aromatic carbocycles. The summed E-state index contributed by atoms with van der Waals surface area (Å²) in [6.07, 6.45) is 4.14.